The quantitative estimate of drug-likeness (QED) is 0.606. The van der Waals surface area contributed by atoms with E-state index in [1.54, 1.807) is 0 Å². The molecular weight excluding hydrogens is 152 g/mol. The first-order chi connectivity index (χ1) is 5.42. The molecule has 0 aromatic heterocycles. The lowest BCUT2D eigenvalue weighted by molar-refractivity contribution is 0.759. The molecule has 1 heteroatoms. The van der Waals surface area contributed by atoms with Gasteiger partial charge in [-0.3, -0.25) is 0 Å². The summed E-state index contributed by atoms with van der Waals surface area (Å²) in [4.78, 5) is 0. The first kappa shape index (κ1) is 7.23. The number of thiol groups is 1. The fraction of sp³-hybridized carbons (Fsp3) is 0.400. The van der Waals surface area contributed by atoms with Gasteiger partial charge in [-0.1, -0.05) is 24.3 Å². The number of rotatable bonds is 1. The van der Waals surface area contributed by atoms with Crippen molar-refractivity contribution in [2.45, 2.75) is 18.8 Å². The van der Waals surface area contributed by atoms with E-state index in [-0.39, 0.29) is 0 Å². The standard InChI is InChI=1S/C10H12S/c11-7-9-6-5-8-3-1-2-4-10(8)9/h1-4,9,11H,5-7H2. The van der Waals surface area contributed by atoms with Crippen LogP contribution in [0.25, 0.3) is 0 Å². The van der Waals surface area contributed by atoms with Crippen LogP contribution in [0.3, 0.4) is 0 Å². The minimum atomic E-state index is 0.717. The lowest BCUT2D eigenvalue weighted by atomic mass is 10.0. The molecule has 58 valence electrons. The Morgan fingerprint density at radius 1 is 1.36 bits per heavy atom. The van der Waals surface area contributed by atoms with E-state index in [0.717, 1.165) is 11.7 Å². The van der Waals surface area contributed by atoms with Crippen LogP contribution in [0.2, 0.25) is 0 Å². The van der Waals surface area contributed by atoms with Crippen LogP contribution in [0.5, 0.6) is 0 Å². The van der Waals surface area contributed by atoms with Gasteiger partial charge in [-0.15, -0.1) is 0 Å². The lowest BCUT2D eigenvalue weighted by Crippen LogP contribution is -1.93. The van der Waals surface area contributed by atoms with Gasteiger partial charge in [-0.05, 0) is 35.6 Å². The highest BCUT2D eigenvalue weighted by Gasteiger charge is 2.19. The fourth-order valence-corrected chi connectivity index (χ4v) is 2.21. The summed E-state index contributed by atoms with van der Waals surface area (Å²) in [6.07, 6.45) is 2.55. The van der Waals surface area contributed by atoms with Crippen molar-refractivity contribution in [1.82, 2.24) is 0 Å². The predicted molar refractivity (Wildman–Crippen MR) is 51.4 cm³/mol. The first-order valence-electron chi connectivity index (χ1n) is 4.10. The summed E-state index contributed by atoms with van der Waals surface area (Å²) in [7, 11) is 0. The molecule has 1 aromatic carbocycles. The Balaban J connectivity index is 2.39. The fourth-order valence-electron chi connectivity index (χ4n) is 1.84. The van der Waals surface area contributed by atoms with E-state index in [4.69, 9.17) is 0 Å². The summed E-state index contributed by atoms with van der Waals surface area (Å²) >= 11 is 4.34. The molecule has 0 aliphatic heterocycles. The van der Waals surface area contributed by atoms with Crippen LogP contribution in [-0.2, 0) is 6.42 Å². The van der Waals surface area contributed by atoms with Crippen molar-refractivity contribution in [3.05, 3.63) is 35.4 Å². The molecule has 0 bridgehead atoms. The third-order valence-electron chi connectivity index (χ3n) is 2.48. The second kappa shape index (κ2) is 2.90. The van der Waals surface area contributed by atoms with E-state index in [2.05, 4.69) is 36.9 Å². The monoisotopic (exact) mass is 164 g/mol. The summed E-state index contributed by atoms with van der Waals surface area (Å²) in [5.41, 5.74) is 3.06. The summed E-state index contributed by atoms with van der Waals surface area (Å²) in [6.45, 7) is 0. The molecule has 0 spiro atoms. The lowest BCUT2D eigenvalue weighted by Gasteiger charge is -2.05. The second-order valence-electron chi connectivity index (χ2n) is 3.12. The van der Waals surface area contributed by atoms with E-state index in [1.165, 1.54) is 24.0 Å². The number of hydrogen-bond donors (Lipinski definition) is 1. The van der Waals surface area contributed by atoms with Gasteiger partial charge in [0.25, 0.3) is 0 Å². The zero-order valence-electron chi connectivity index (χ0n) is 6.46. The molecule has 1 aliphatic rings. The van der Waals surface area contributed by atoms with Gasteiger partial charge in [0.2, 0.25) is 0 Å². The molecule has 1 aromatic rings. The molecule has 1 aliphatic carbocycles. The van der Waals surface area contributed by atoms with Crippen LogP contribution < -0.4 is 0 Å². The van der Waals surface area contributed by atoms with Crippen molar-refractivity contribution in [3.8, 4) is 0 Å². The maximum Gasteiger partial charge on any atom is -0.00287 e. The average Bonchev–Trinajstić information content (AvgIpc) is 2.47. The number of hydrogen-bond acceptors (Lipinski definition) is 1. The van der Waals surface area contributed by atoms with Crippen LogP contribution in [0.15, 0.2) is 24.3 Å². The normalized spacial score (nSPS) is 21.7. The second-order valence-corrected chi connectivity index (χ2v) is 3.48. The molecule has 1 unspecified atom stereocenters. The molecule has 0 nitrogen and oxygen atoms in total. The summed E-state index contributed by atoms with van der Waals surface area (Å²) in [5, 5.41) is 0. The third kappa shape index (κ3) is 1.18. The Morgan fingerprint density at radius 3 is 3.00 bits per heavy atom. The first-order valence-corrected chi connectivity index (χ1v) is 4.73. The van der Waals surface area contributed by atoms with Gasteiger partial charge < -0.3 is 0 Å². The Kier molecular flexibility index (Phi) is 1.91. The van der Waals surface area contributed by atoms with Gasteiger partial charge in [0, 0.05) is 0 Å². The van der Waals surface area contributed by atoms with Crippen molar-refractivity contribution in [3.63, 3.8) is 0 Å². The molecule has 0 heterocycles. The van der Waals surface area contributed by atoms with Crippen molar-refractivity contribution >= 4 is 12.6 Å². The van der Waals surface area contributed by atoms with E-state index >= 15 is 0 Å². The van der Waals surface area contributed by atoms with Crippen LogP contribution in [0.4, 0.5) is 0 Å². The van der Waals surface area contributed by atoms with Crippen molar-refractivity contribution < 1.29 is 0 Å². The van der Waals surface area contributed by atoms with Crippen molar-refractivity contribution in [2.24, 2.45) is 0 Å². The average molecular weight is 164 g/mol. The molecule has 2 rings (SSSR count). The third-order valence-corrected chi connectivity index (χ3v) is 2.92. The van der Waals surface area contributed by atoms with Crippen LogP contribution in [0, 0.1) is 0 Å². The van der Waals surface area contributed by atoms with Gasteiger partial charge >= 0.3 is 0 Å². The largest absolute Gasteiger partial charge is 0.179 e. The molecule has 0 N–H and O–H groups in total. The topological polar surface area (TPSA) is 0 Å². The number of aryl methyl sites for hydroxylation is 1. The smallest absolute Gasteiger partial charge is 0.00287 e. The summed E-state index contributed by atoms with van der Waals surface area (Å²) < 4.78 is 0. The highest BCUT2D eigenvalue weighted by Crippen LogP contribution is 2.33. The molecule has 1 atom stereocenters. The SMILES string of the molecule is SCC1CCc2ccccc21. The summed E-state index contributed by atoms with van der Waals surface area (Å²) in [5.74, 6) is 1.71. The van der Waals surface area contributed by atoms with Crippen LogP contribution in [-0.4, -0.2) is 5.75 Å². The van der Waals surface area contributed by atoms with Gasteiger partial charge in [0.05, 0.1) is 0 Å². The minimum Gasteiger partial charge on any atom is -0.179 e. The van der Waals surface area contributed by atoms with E-state index in [1.807, 2.05) is 0 Å². The van der Waals surface area contributed by atoms with Gasteiger partial charge in [0.15, 0.2) is 0 Å². The molecule has 0 saturated carbocycles. The van der Waals surface area contributed by atoms with Gasteiger partial charge in [0.1, 0.15) is 0 Å². The molecule has 11 heavy (non-hydrogen) atoms. The van der Waals surface area contributed by atoms with E-state index in [9.17, 15) is 0 Å². The van der Waals surface area contributed by atoms with Crippen molar-refractivity contribution in [2.75, 3.05) is 5.75 Å². The highest BCUT2D eigenvalue weighted by molar-refractivity contribution is 7.80. The van der Waals surface area contributed by atoms with E-state index in [0.29, 0.717) is 0 Å². The molecule has 0 amide bonds. The number of benzene rings is 1. The van der Waals surface area contributed by atoms with Crippen LogP contribution in [0.1, 0.15) is 23.5 Å². The maximum atomic E-state index is 4.34. The Hall–Kier alpha value is -0.430. The molecule has 0 fully saturated rings. The Bertz CT molecular complexity index is 255. The Morgan fingerprint density at radius 2 is 2.18 bits per heavy atom. The zero-order chi connectivity index (χ0) is 7.68. The van der Waals surface area contributed by atoms with Crippen molar-refractivity contribution in [1.29, 1.82) is 0 Å². The molecule has 0 radical (unpaired) electrons. The maximum absolute atomic E-state index is 4.34. The Labute approximate surface area is 73.0 Å². The predicted octanol–water partition coefficient (Wildman–Crippen LogP) is 2.65. The summed E-state index contributed by atoms with van der Waals surface area (Å²) in [6, 6.07) is 8.72. The highest BCUT2D eigenvalue weighted by atomic mass is 32.1. The zero-order valence-corrected chi connectivity index (χ0v) is 7.35. The molecule has 0 saturated heterocycles. The van der Waals surface area contributed by atoms with E-state index < -0.39 is 0 Å². The van der Waals surface area contributed by atoms with Crippen LogP contribution >= 0.6 is 12.6 Å². The number of fused-ring (bicyclic) bond motifs is 1. The minimum absolute atomic E-state index is 0.717. The van der Waals surface area contributed by atoms with Gasteiger partial charge in [-0.2, -0.15) is 12.6 Å². The molecular formula is C10H12S. The van der Waals surface area contributed by atoms with Gasteiger partial charge in [-0.25, -0.2) is 0 Å².